The molecule has 0 atom stereocenters. The average molecular weight is 364 g/mol. The summed E-state index contributed by atoms with van der Waals surface area (Å²) in [7, 11) is 0. The molecule has 0 bridgehead atoms. The van der Waals surface area contributed by atoms with Crippen LogP contribution in [0, 0.1) is 0 Å². The lowest BCUT2D eigenvalue weighted by Crippen LogP contribution is -2.48. The Morgan fingerprint density at radius 3 is 2.62 bits per heavy atom. The molecule has 24 heavy (non-hydrogen) atoms. The Kier molecular flexibility index (Phi) is 6.45. The highest BCUT2D eigenvalue weighted by atomic mass is 32.1. The van der Waals surface area contributed by atoms with Crippen LogP contribution in [0.25, 0.3) is 0 Å². The lowest BCUT2D eigenvalue weighted by molar-refractivity contribution is -0.140. The maximum Gasteiger partial charge on any atom is 0.434 e. The highest BCUT2D eigenvalue weighted by molar-refractivity contribution is 7.09. The second kappa shape index (κ2) is 8.15. The van der Waals surface area contributed by atoms with Crippen LogP contribution in [0.4, 0.5) is 13.2 Å². The third kappa shape index (κ3) is 5.62. The van der Waals surface area contributed by atoms with Crippen molar-refractivity contribution in [3.63, 3.8) is 0 Å². The Hall–Kier alpha value is -1.35. The first-order chi connectivity index (χ1) is 11.3. The molecule has 1 aromatic rings. The van der Waals surface area contributed by atoms with Crippen LogP contribution in [0.1, 0.15) is 49.7 Å². The summed E-state index contributed by atoms with van der Waals surface area (Å²) in [4.78, 5) is 7.82. The lowest BCUT2D eigenvalue weighted by atomic mass is 9.85. The Labute approximate surface area is 143 Å². The first-order valence-corrected chi connectivity index (χ1v) is 8.96. The van der Waals surface area contributed by atoms with Crippen molar-refractivity contribution in [2.45, 2.75) is 57.3 Å². The Morgan fingerprint density at radius 2 is 2.04 bits per heavy atom. The highest BCUT2D eigenvalue weighted by Crippen LogP contribution is 2.30. The van der Waals surface area contributed by atoms with Crippen molar-refractivity contribution < 1.29 is 18.3 Å². The van der Waals surface area contributed by atoms with Crippen LogP contribution in [-0.2, 0) is 12.7 Å². The number of guanidine groups is 1. The van der Waals surface area contributed by atoms with Crippen molar-refractivity contribution in [1.29, 1.82) is 0 Å². The van der Waals surface area contributed by atoms with Gasteiger partial charge in [-0.25, -0.2) is 9.98 Å². The van der Waals surface area contributed by atoms with E-state index in [2.05, 4.69) is 20.6 Å². The van der Waals surface area contributed by atoms with E-state index in [0.717, 1.165) is 48.8 Å². The predicted molar refractivity (Wildman–Crippen MR) is 88.0 cm³/mol. The number of halogens is 3. The third-order valence-electron chi connectivity index (χ3n) is 3.93. The van der Waals surface area contributed by atoms with E-state index in [1.54, 1.807) is 0 Å². The summed E-state index contributed by atoms with van der Waals surface area (Å²) in [6, 6.07) is 0. The minimum atomic E-state index is -4.43. The van der Waals surface area contributed by atoms with Gasteiger partial charge < -0.3 is 15.7 Å². The predicted octanol–water partition coefficient (Wildman–Crippen LogP) is 2.91. The molecular formula is C15H23F3N4OS. The van der Waals surface area contributed by atoms with Gasteiger partial charge in [0, 0.05) is 18.5 Å². The Morgan fingerprint density at radius 1 is 1.33 bits per heavy atom. The summed E-state index contributed by atoms with van der Waals surface area (Å²) >= 11 is 0.939. The quantitative estimate of drug-likeness (QED) is 0.555. The van der Waals surface area contributed by atoms with Gasteiger partial charge in [0.1, 0.15) is 5.01 Å². The summed E-state index contributed by atoms with van der Waals surface area (Å²) < 4.78 is 37.6. The first-order valence-electron chi connectivity index (χ1n) is 8.08. The number of aromatic nitrogens is 1. The molecule has 136 valence electrons. The Bertz CT molecular complexity index is 553. The number of nitrogens with zero attached hydrogens (tertiary/aromatic N) is 2. The molecule has 1 fully saturated rings. The fourth-order valence-electron chi connectivity index (χ4n) is 2.64. The van der Waals surface area contributed by atoms with E-state index in [-0.39, 0.29) is 6.54 Å². The summed E-state index contributed by atoms with van der Waals surface area (Å²) in [6.45, 7) is 2.96. The van der Waals surface area contributed by atoms with E-state index < -0.39 is 17.5 Å². The fraction of sp³-hybridized carbons (Fsp3) is 0.733. The zero-order valence-electron chi connectivity index (χ0n) is 13.6. The maximum absolute atomic E-state index is 12.5. The van der Waals surface area contributed by atoms with Gasteiger partial charge in [-0.2, -0.15) is 13.2 Å². The average Bonchev–Trinajstić information content (AvgIpc) is 3.00. The van der Waals surface area contributed by atoms with E-state index >= 15 is 0 Å². The molecule has 0 spiro atoms. The summed E-state index contributed by atoms with van der Waals surface area (Å²) in [6.07, 6.45) is 0.228. The van der Waals surface area contributed by atoms with Gasteiger partial charge in [0.2, 0.25) is 0 Å². The number of nitrogens with one attached hydrogen (secondary N) is 2. The molecule has 3 N–H and O–H groups in total. The summed E-state index contributed by atoms with van der Waals surface area (Å²) in [5.41, 5.74) is -1.62. The monoisotopic (exact) mass is 364 g/mol. The molecule has 9 heteroatoms. The molecule has 2 rings (SSSR count). The highest BCUT2D eigenvalue weighted by Gasteiger charge is 2.33. The second-order valence-electron chi connectivity index (χ2n) is 5.96. The van der Waals surface area contributed by atoms with E-state index in [1.165, 1.54) is 0 Å². The number of hydrogen-bond acceptors (Lipinski definition) is 4. The summed E-state index contributed by atoms with van der Waals surface area (Å²) in [5.74, 6) is 0.472. The molecule has 1 saturated carbocycles. The van der Waals surface area contributed by atoms with E-state index in [9.17, 15) is 18.3 Å². The van der Waals surface area contributed by atoms with Crippen LogP contribution < -0.4 is 10.6 Å². The minimum absolute atomic E-state index is 0.0640. The van der Waals surface area contributed by atoms with Crippen LogP contribution in [-0.4, -0.2) is 34.7 Å². The van der Waals surface area contributed by atoms with Crippen LogP contribution >= 0.6 is 11.3 Å². The second-order valence-corrected chi connectivity index (χ2v) is 6.90. The lowest BCUT2D eigenvalue weighted by Gasteiger charge is -2.32. The molecule has 1 aliphatic carbocycles. The van der Waals surface area contributed by atoms with Crippen LogP contribution in [0.3, 0.4) is 0 Å². The maximum atomic E-state index is 12.5. The zero-order chi connectivity index (χ0) is 17.6. The topological polar surface area (TPSA) is 69.5 Å². The number of alkyl halides is 3. The molecule has 1 aliphatic rings. The van der Waals surface area contributed by atoms with Gasteiger partial charge in [0.25, 0.3) is 0 Å². The number of hydrogen-bond donors (Lipinski definition) is 3. The first kappa shape index (κ1) is 19.0. The third-order valence-corrected chi connectivity index (χ3v) is 4.76. The molecule has 0 unspecified atom stereocenters. The molecule has 1 heterocycles. The van der Waals surface area contributed by atoms with Gasteiger partial charge in [0.15, 0.2) is 11.7 Å². The van der Waals surface area contributed by atoms with Crippen molar-refractivity contribution in [3.8, 4) is 0 Å². The van der Waals surface area contributed by atoms with Gasteiger partial charge in [0.05, 0.1) is 12.1 Å². The standard InChI is InChI=1S/C15H23F3N4OS/c1-2-19-13(21-10-14(23)6-4-3-5-7-14)20-8-12-22-11(9-24-12)15(16,17)18/h9,23H,2-8,10H2,1H3,(H2,19,20,21). The molecule has 1 aromatic heterocycles. The van der Waals surface area contributed by atoms with Crippen molar-refractivity contribution in [1.82, 2.24) is 15.6 Å². The largest absolute Gasteiger partial charge is 0.434 e. The van der Waals surface area contributed by atoms with Gasteiger partial charge in [-0.1, -0.05) is 19.3 Å². The normalized spacial score (nSPS) is 18.5. The van der Waals surface area contributed by atoms with Crippen molar-refractivity contribution in [3.05, 3.63) is 16.1 Å². The molecular weight excluding hydrogens is 341 g/mol. The van der Waals surface area contributed by atoms with Crippen molar-refractivity contribution in [2.75, 3.05) is 13.1 Å². The van der Waals surface area contributed by atoms with Crippen molar-refractivity contribution >= 4 is 17.3 Å². The zero-order valence-corrected chi connectivity index (χ0v) is 14.4. The molecule has 0 aromatic carbocycles. The van der Waals surface area contributed by atoms with Crippen LogP contribution in [0.15, 0.2) is 10.4 Å². The molecule has 0 saturated heterocycles. The fourth-order valence-corrected chi connectivity index (χ4v) is 3.36. The Balaban J connectivity index is 1.93. The van der Waals surface area contributed by atoms with Gasteiger partial charge in [-0.15, -0.1) is 11.3 Å². The molecule has 0 amide bonds. The van der Waals surface area contributed by atoms with Gasteiger partial charge >= 0.3 is 6.18 Å². The van der Waals surface area contributed by atoms with Gasteiger partial charge in [-0.05, 0) is 19.8 Å². The minimum Gasteiger partial charge on any atom is -0.388 e. The van der Waals surface area contributed by atoms with E-state index in [4.69, 9.17) is 0 Å². The number of aliphatic imine (C=N–C) groups is 1. The molecule has 0 radical (unpaired) electrons. The smallest absolute Gasteiger partial charge is 0.388 e. The number of thiazole rings is 1. The van der Waals surface area contributed by atoms with Gasteiger partial charge in [-0.3, -0.25) is 0 Å². The SMILES string of the molecule is CCNC(=NCc1nc(C(F)(F)F)cs1)NCC1(O)CCCCC1. The van der Waals surface area contributed by atoms with Crippen molar-refractivity contribution in [2.24, 2.45) is 4.99 Å². The number of rotatable bonds is 5. The van der Waals surface area contributed by atoms with Crippen LogP contribution in [0.2, 0.25) is 0 Å². The molecule has 0 aliphatic heterocycles. The number of aliphatic hydroxyl groups is 1. The van der Waals surface area contributed by atoms with E-state index in [1.807, 2.05) is 6.92 Å². The van der Waals surface area contributed by atoms with E-state index in [0.29, 0.717) is 24.1 Å². The molecule has 5 nitrogen and oxygen atoms in total. The summed E-state index contributed by atoms with van der Waals surface area (Å²) in [5, 5.41) is 17.9. The van der Waals surface area contributed by atoms with Crippen LogP contribution in [0.5, 0.6) is 0 Å².